The van der Waals surface area contributed by atoms with Crippen molar-refractivity contribution in [3.8, 4) is 0 Å². The minimum Gasteiger partial charge on any atom is -0.316 e. The van der Waals surface area contributed by atoms with Gasteiger partial charge in [-0.2, -0.15) is 0 Å². The van der Waals surface area contributed by atoms with Crippen LogP contribution in [-0.2, 0) is 0 Å². The van der Waals surface area contributed by atoms with Gasteiger partial charge in [0.05, 0.1) is 0 Å². The molecule has 2 N–H and O–H groups in total. The lowest BCUT2D eigenvalue weighted by molar-refractivity contribution is 0.270. The van der Waals surface area contributed by atoms with Gasteiger partial charge in [0.2, 0.25) is 0 Å². The first-order valence-corrected chi connectivity index (χ1v) is 4.25. The molecule has 0 aromatic rings. The van der Waals surface area contributed by atoms with Crippen molar-refractivity contribution in [3.05, 3.63) is 0 Å². The number of nitrogens with one attached hydrogen (secondary N) is 2. The first kappa shape index (κ1) is 6.62. The molecule has 2 rings (SSSR count). The molecule has 2 aliphatic rings. The minimum atomic E-state index is 0.674. The van der Waals surface area contributed by atoms with Crippen LogP contribution >= 0.6 is 0 Å². The fourth-order valence-electron chi connectivity index (χ4n) is 2.15. The molecular formula is C8H16N2. The Morgan fingerprint density at radius 3 is 2.80 bits per heavy atom. The monoisotopic (exact) mass is 140 g/mol. The van der Waals surface area contributed by atoms with E-state index < -0.39 is 0 Å². The summed E-state index contributed by atoms with van der Waals surface area (Å²) in [5.74, 6) is 0. The van der Waals surface area contributed by atoms with E-state index in [1.165, 1.54) is 32.4 Å². The maximum Gasteiger partial charge on any atom is 0.0145 e. The van der Waals surface area contributed by atoms with Crippen LogP contribution in [0, 0.1) is 5.41 Å². The van der Waals surface area contributed by atoms with E-state index in [-0.39, 0.29) is 0 Å². The molecule has 1 spiro atoms. The van der Waals surface area contributed by atoms with Crippen LogP contribution < -0.4 is 10.6 Å². The molecule has 1 aliphatic heterocycles. The summed E-state index contributed by atoms with van der Waals surface area (Å²) in [6.45, 7) is 2.45. The van der Waals surface area contributed by atoms with E-state index in [9.17, 15) is 0 Å². The second-order valence-electron chi connectivity index (χ2n) is 3.67. The van der Waals surface area contributed by atoms with Crippen LogP contribution in [0.15, 0.2) is 0 Å². The average Bonchev–Trinajstić information content (AvgIpc) is 2.71. The summed E-state index contributed by atoms with van der Waals surface area (Å²) in [5.41, 5.74) is 0.674. The Balaban J connectivity index is 2.01. The molecule has 0 amide bonds. The number of rotatable bonds is 1. The van der Waals surface area contributed by atoms with Crippen LogP contribution in [0.1, 0.15) is 19.3 Å². The van der Waals surface area contributed by atoms with Gasteiger partial charge in [-0.25, -0.2) is 0 Å². The number of piperidine rings is 1. The summed E-state index contributed by atoms with van der Waals surface area (Å²) in [5, 5.41) is 6.88. The largest absolute Gasteiger partial charge is 0.316 e. The molecule has 2 heteroatoms. The van der Waals surface area contributed by atoms with E-state index in [0.717, 1.165) is 6.04 Å². The highest BCUT2D eigenvalue weighted by atomic mass is 15.0. The van der Waals surface area contributed by atoms with E-state index in [4.69, 9.17) is 0 Å². The van der Waals surface area contributed by atoms with Crippen molar-refractivity contribution in [1.82, 2.24) is 10.6 Å². The van der Waals surface area contributed by atoms with Gasteiger partial charge in [0, 0.05) is 12.6 Å². The fourth-order valence-corrected chi connectivity index (χ4v) is 2.15. The van der Waals surface area contributed by atoms with Gasteiger partial charge >= 0.3 is 0 Å². The molecule has 58 valence electrons. The maximum atomic E-state index is 3.46. The topological polar surface area (TPSA) is 24.1 Å². The van der Waals surface area contributed by atoms with Crippen molar-refractivity contribution in [2.45, 2.75) is 25.3 Å². The molecule has 1 heterocycles. The van der Waals surface area contributed by atoms with Gasteiger partial charge in [0.15, 0.2) is 0 Å². The van der Waals surface area contributed by atoms with Crippen LogP contribution in [0.25, 0.3) is 0 Å². The molecule has 2 fully saturated rings. The molecule has 0 aromatic heterocycles. The summed E-state index contributed by atoms with van der Waals surface area (Å²) < 4.78 is 0. The zero-order valence-corrected chi connectivity index (χ0v) is 6.61. The zero-order valence-electron chi connectivity index (χ0n) is 6.61. The maximum absolute atomic E-state index is 3.46. The van der Waals surface area contributed by atoms with Crippen molar-refractivity contribution in [2.75, 3.05) is 20.1 Å². The molecule has 0 aromatic carbocycles. The van der Waals surface area contributed by atoms with Crippen LogP contribution in [0.5, 0.6) is 0 Å². The summed E-state index contributed by atoms with van der Waals surface area (Å²) in [6, 6.07) is 0.800. The highest BCUT2D eigenvalue weighted by molar-refractivity contribution is 5.05. The molecular weight excluding hydrogens is 124 g/mol. The molecule has 1 atom stereocenters. The SMILES string of the molecule is CNC1CCNCC12CC2. The average molecular weight is 140 g/mol. The van der Waals surface area contributed by atoms with Crippen LogP contribution in [0.3, 0.4) is 0 Å². The van der Waals surface area contributed by atoms with Gasteiger partial charge < -0.3 is 10.6 Å². The van der Waals surface area contributed by atoms with Gasteiger partial charge in [-0.15, -0.1) is 0 Å². The van der Waals surface area contributed by atoms with E-state index in [2.05, 4.69) is 17.7 Å². The molecule has 0 bridgehead atoms. The predicted molar refractivity (Wildman–Crippen MR) is 42.0 cm³/mol. The van der Waals surface area contributed by atoms with Crippen molar-refractivity contribution in [2.24, 2.45) is 5.41 Å². The molecule has 10 heavy (non-hydrogen) atoms. The number of hydrogen-bond acceptors (Lipinski definition) is 2. The minimum absolute atomic E-state index is 0.674. The molecule has 1 aliphatic carbocycles. The molecule has 0 radical (unpaired) electrons. The first-order valence-electron chi connectivity index (χ1n) is 4.25. The molecule has 2 nitrogen and oxygen atoms in total. The van der Waals surface area contributed by atoms with Crippen molar-refractivity contribution < 1.29 is 0 Å². The van der Waals surface area contributed by atoms with Crippen molar-refractivity contribution in [3.63, 3.8) is 0 Å². The zero-order chi connectivity index (χ0) is 7.03. The highest BCUT2D eigenvalue weighted by Gasteiger charge is 2.49. The lowest BCUT2D eigenvalue weighted by atomic mass is 9.90. The summed E-state index contributed by atoms with van der Waals surface area (Å²) >= 11 is 0. The fraction of sp³-hybridized carbons (Fsp3) is 1.00. The van der Waals surface area contributed by atoms with Crippen LogP contribution in [0.2, 0.25) is 0 Å². The van der Waals surface area contributed by atoms with Crippen molar-refractivity contribution >= 4 is 0 Å². The third-order valence-corrected chi connectivity index (χ3v) is 3.07. The summed E-state index contributed by atoms with van der Waals surface area (Å²) in [4.78, 5) is 0. The van der Waals surface area contributed by atoms with E-state index >= 15 is 0 Å². The Morgan fingerprint density at radius 2 is 2.30 bits per heavy atom. The first-order chi connectivity index (χ1) is 4.87. The lowest BCUT2D eigenvalue weighted by Crippen LogP contribution is -2.47. The van der Waals surface area contributed by atoms with Crippen LogP contribution in [-0.4, -0.2) is 26.2 Å². The quantitative estimate of drug-likeness (QED) is 0.549. The third-order valence-electron chi connectivity index (χ3n) is 3.07. The molecule has 1 saturated carbocycles. The van der Waals surface area contributed by atoms with E-state index in [1.807, 2.05) is 0 Å². The molecule has 1 saturated heterocycles. The second kappa shape index (κ2) is 2.21. The molecule has 1 unspecified atom stereocenters. The Labute approximate surface area is 62.4 Å². The Hall–Kier alpha value is -0.0800. The summed E-state index contributed by atoms with van der Waals surface area (Å²) in [7, 11) is 2.09. The van der Waals surface area contributed by atoms with Gasteiger partial charge in [0.1, 0.15) is 0 Å². The van der Waals surface area contributed by atoms with E-state index in [0.29, 0.717) is 5.41 Å². The highest BCUT2D eigenvalue weighted by Crippen LogP contribution is 2.50. The second-order valence-corrected chi connectivity index (χ2v) is 3.67. The normalized spacial score (nSPS) is 36.3. The third kappa shape index (κ3) is 0.867. The Kier molecular flexibility index (Phi) is 1.46. The van der Waals surface area contributed by atoms with Crippen LogP contribution in [0.4, 0.5) is 0 Å². The van der Waals surface area contributed by atoms with E-state index in [1.54, 1.807) is 0 Å². The standard InChI is InChI=1S/C8H16N2/c1-9-7-2-5-10-6-8(7)3-4-8/h7,9-10H,2-6H2,1H3. The Bertz CT molecular complexity index is 129. The Morgan fingerprint density at radius 1 is 1.50 bits per heavy atom. The van der Waals surface area contributed by atoms with Gasteiger partial charge in [0.25, 0.3) is 0 Å². The lowest BCUT2D eigenvalue weighted by Gasteiger charge is -2.31. The smallest absolute Gasteiger partial charge is 0.0145 e. The predicted octanol–water partition coefficient (Wildman–Crippen LogP) is 0.348. The van der Waals surface area contributed by atoms with Gasteiger partial charge in [-0.1, -0.05) is 0 Å². The summed E-state index contributed by atoms with van der Waals surface area (Å²) in [6.07, 6.45) is 4.19. The van der Waals surface area contributed by atoms with Crippen molar-refractivity contribution in [1.29, 1.82) is 0 Å². The number of hydrogen-bond donors (Lipinski definition) is 2. The van der Waals surface area contributed by atoms with Gasteiger partial charge in [-0.3, -0.25) is 0 Å². The van der Waals surface area contributed by atoms with Gasteiger partial charge in [-0.05, 0) is 38.3 Å².